The summed E-state index contributed by atoms with van der Waals surface area (Å²) in [4.78, 5) is 4.78. The van der Waals surface area contributed by atoms with Crippen molar-refractivity contribution in [1.82, 2.24) is 25.4 Å². The molecule has 3 rings (SSSR count). The maximum atomic E-state index is 4.78. The molecular weight excluding hydrogens is 519 g/mol. The van der Waals surface area contributed by atoms with Crippen LogP contribution in [0, 0.1) is 6.92 Å². The molecule has 1 heterocycles. The van der Waals surface area contributed by atoms with E-state index in [-0.39, 0.29) is 30.0 Å². The lowest BCUT2D eigenvalue weighted by atomic mass is 10.1. The SMILES string of the molecule is Cc1nnc(CN=C(NC2CCCC2)NC(C)c2ccccc2Br)n1C.I. The van der Waals surface area contributed by atoms with Crippen LogP contribution in [0.25, 0.3) is 0 Å². The summed E-state index contributed by atoms with van der Waals surface area (Å²) in [6.45, 7) is 4.60. The molecule has 0 bridgehead atoms. The number of aliphatic imine (C=N–C) groups is 1. The van der Waals surface area contributed by atoms with E-state index >= 15 is 0 Å². The van der Waals surface area contributed by atoms with Gasteiger partial charge in [-0.3, -0.25) is 0 Å². The van der Waals surface area contributed by atoms with E-state index in [1.807, 2.05) is 24.6 Å². The van der Waals surface area contributed by atoms with E-state index < -0.39 is 0 Å². The van der Waals surface area contributed by atoms with Gasteiger partial charge in [0.2, 0.25) is 0 Å². The first-order valence-corrected chi connectivity index (χ1v) is 10.0. The van der Waals surface area contributed by atoms with Crippen molar-refractivity contribution in [2.75, 3.05) is 0 Å². The van der Waals surface area contributed by atoms with Gasteiger partial charge in [0.15, 0.2) is 11.8 Å². The predicted molar refractivity (Wildman–Crippen MR) is 123 cm³/mol. The summed E-state index contributed by atoms with van der Waals surface area (Å²) in [6, 6.07) is 8.91. The van der Waals surface area contributed by atoms with Crippen molar-refractivity contribution < 1.29 is 0 Å². The Bertz CT molecular complexity index is 769. The first-order chi connectivity index (χ1) is 12.5. The maximum Gasteiger partial charge on any atom is 0.192 e. The zero-order valence-electron chi connectivity index (χ0n) is 16.1. The fraction of sp³-hybridized carbons (Fsp3) is 0.526. The topological polar surface area (TPSA) is 67.1 Å². The van der Waals surface area contributed by atoms with Crippen molar-refractivity contribution in [2.24, 2.45) is 12.0 Å². The Balaban J connectivity index is 0.00000261. The number of benzene rings is 1. The number of guanidine groups is 1. The molecule has 2 N–H and O–H groups in total. The lowest BCUT2D eigenvalue weighted by Crippen LogP contribution is -2.43. The van der Waals surface area contributed by atoms with Crippen LogP contribution in [0.5, 0.6) is 0 Å². The molecule has 0 spiro atoms. The first-order valence-electron chi connectivity index (χ1n) is 9.21. The summed E-state index contributed by atoms with van der Waals surface area (Å²) in [7, 11) is 1.97. The molecule has 0 aliphatic heterocycles. The van der Waals surface area contributed by atoms with Gasteiger partial charge in [-0.25, -0.2) is 4.99 Å². The Hall–Kier alpha value is -1.16. The van der Waals surface area contributed by atoms with Crippen LogP contribution in [0.3, 0.4) is 0 Å². The Morgan fingerprint density at radius 3 is 2.63 bits per heavy atom. The van der Waals surface area contributed by atoms with E-state index in [1.165, 1.54) is 31.2 Å². The molecule has 1 aromatic carbocycles. The fourth-order valence-corrected chi connectivity index (χ4v) is 3.87. The van der Waals surface area contributed by atoms with E-state index in [4.69, 9.17) is 4.99 Å². The number of halogens is 2. The van der Waals surface area contributed by atoms with Gasteiger partial charge in [0.1, 0.15) is 12.4 Å². The molecule has 27 heavy (non-hydrogen) atoms. The van der Waals surface area contributed by atoms with Crippen molar-refractivity contribution in [3.63, 3.8) is 0 Å². The molecule has 1 unspecified atom stereocenters. The molecule has 0 radical (unpaired) electrons. The second kappa shape index (κ2) is 10.4. The molecule has 6 nitrogen and oxygen atoms in total. The van der Waals surface area contributed by atoms with Crippen LogP contribution in [0.1, 0.15) is 55.9 Å². The van der Waals surface area contributed by atoms with E-state index in [1.54, 1.807) is 0 Å². The molecule has 1 atom stereocenters. The average Bonchev–Trinajstić information content (AvgIpc) is 3.24. The molecule has 1 aliphatic carbocycles. The lowest BCUT2D eigenvalue weighted by molar-refractivity contribution is 0.592. The number of rotatable bonds is 5. The number of hydrogen-bond acceptors (Lipinski definition) is 3. The molecule has 148 valence electrons. The Morgan fingerprint density at radius 1 is 1.30 bits per heavy atom. The van der Waals surface area contributed by atoms with Gasteiger partial charge in [0.25, 0.3) is 0 Å². The van der Waals surface area contributed by atoms with E-state index in [0.29, 0.717) is 12.6 Å². The molecule has 0 saturated heterocycles. The van der Waals surface area contributed by atoms with Gasteiger partial charge in [0, 0.05) is 17.6 Å². The van der Waals surface area contributed by atoms with Crippen LogP contribution in [0.15, 0.2) is 33.7 Å². The predicted octanol–water partition coefficient (Wildman–Crippen LogP) is 4.24. The third-order valence-electron chi connectivity index (χ3n) is 4.98. The van der Waals surface area contributed by atoms with Gasteiger partial charge in [-0.2, -0.15) is 0 Å². The summed E-state index contributed by atoms with van der Waals surface area (Å²) in [6.07, 6.45) is 4.97. The number of hydrogen-bond donors (Lipinski definition) is 2. The number of aryl methyl sites for hydroxylation is 1. The summed E-state index contributed by atoms with van der Waals surface area (Å²) in [5.41, 5.74) is 1.21. The molecule has 1 saturated carbocycles. The normalized spacial score (nSPS) is 16.1. The third-order valence-corrected chi connectivity index (χ3v) is 5.70. The lowest BCUT2D eigenvalue weighted by Gasteiger charge is -2.22. The van der Waals surface area contributed by atoms with Gasteiger partial charge in [-0.1, -0.05) is 47.0 Å². The zero-order valence-corrected chi connectivity index (χ0v) is 20.0. The minimum atomic E-state index is 0. The largest absolute Gasteiger partial charge is 0.354 e. The van der Waals surface area contributed by atoms with Gasteiger partial charge >= 0.3 is 0 Å². The van der Waals surface area contributed by atoms with Crippen molar-refractivity contribution in [1.29, 1.82) is 0 Å². The van der Waals surface area contributed by atoms with Gasteiger partial charge in [-0.15, -0.1) is 34.2 Å². The maximum absolute atomic E-state index is 4.78. The van der Waals surface area contributed by atoms with Crippen LogP contribution >= 0.6 is 39.9 Å². The summed E-state index contributed by atoms with van der Waals surface area (Å²) < 4.78 is 3.08. The summed E-state index contributed by atoms with van der Waals surface area (Å²) in [5, 5.41) is 15.5. The van der Waals surface area contributed by atoms with E-state index in [0.717, 1.165) is 22.1 Å². The average molecular weight is 547 g/mol. The highest BCUT2D eigenvalue weighted by Gasteiger charge is 2.18. The summed E-state index contributed by atoms with van der Waals surface area (Å²) >= 11 is 3.64. The molecule has 2 aromatic rings. The Morgan fingerprint density at radius 2 is 2.00 bits per heavy atom. The van der Waals surface area contributed by atoms with Crippen molar-refractivity contribution in [3.8, 4) is 0 Å². The molecule has 1 fully saturated rings. The molecule has 8 heteroatoms. The molecule has 0 amide bonds. The zero-order chi connectivity index (χ0) is 18.5. The fourth-order valence-electron chi connectivity index (χ4n) is 3.24. The van der Waals surface area contributed by atoms with E-state index in [9.17, 15) is 0 Å². The monoisotopic (exact) mass is 546 g/mol. The highest BCUT2D eigenvalue weighted by molar-refractivity contribution is 14.0. The van der Waals surface area contributed by atoms with Crippen LogP contribution < -0.4 is 10.6 Å². The van der Waals surface area contributed by atoms with E-state index in [2.05, 4.69) is 61.9 Å². The van der Waals surface area contributed by atoms with Crippen molar-refractivity contribution in [3.05, 3.63) is 46.0 Å². The molecular formula is C19H28BrIN6. The standard InChI is InChI=1S/C19H27BrN6.HI/c1-13(16-10-6-7-11-17(16)20)22-19(23-15-8-4-5-9-15)21-12-18-25-24-14(2)26(18)3;/h6-7,10-11,13,15H,4-5,8-9,12H2,1-3H3,(H2,21,22,23);1H. The third kappa shape index (κ3) is 5.91. The number of nitrogens with zero attached hydrogens (tertiary/aromatic N) is 4. The van der Waals surface area contributed by atoms with Gasteiger partial charge in [-0.05, 0) is 38.3 Å². The Kier molecular flexibility index (Phi) is 8.53. The smallest absolute Gasteiger partial charge is 0.192 e. The van der Waals surface area contributed by atoms with Crippen LogP contribution in [0.4, 0.5) is 0 Å². The van der Waals surface area contributed by atoms with Crippen molar-refractivity contribution >= 4 is 45.9 Å². The highest BCUT2D eigenvalue weighted by Crippen LogP contribution is 2.23. The quantitative estimate of drug-likeness (QED) is 0.334. The first kappa shape index (κ1) is 22.1. The second-order valence-electron chi connectivity index (χ2n) is 6.90. The van der Waals surface area contributed by atoms with Crippen LogP contribution in [-0.4, -0.2) is 26.8 Å². The van der Waals surface area contributed by atoms with Crippen LogP contribution in [0.2, 0.25) is 0 Å². The Labute approximate surface area is 186 Å². The van der Waals surface area contributed by atoms with Gasteiger partial charge in [0.05, 0.1) is 6.04 Å². The second-order valence-corrected chi connectivity index (χ2v) is 7.75. The number of nitrogens with one attached hydrogen (secondary N) is 2. The molecule has 1 aromatic heterocycles. The number of aromatic nitrogens is 3. The van der Waals surface area contributed by atoms with Crippen LogP contribution in [-0.2, 0) is 13.6 Å². The van der Waals surface area contributed by atoms with Crippen molar-refractivity contribution in [2.45, 2.75) is 58.2 Å². The molecule has 1 aliphatic rings. The minimum Gasteiger partial charge on any atom is -0.354 e. The highest BCUT2D eigenvalue weighted by atomic mass is 127. The van der Waals surface area contributed by atoms with Gasteiger partial charge < -0.3 is 15.2 Å². The summed E-state index contributed by atoms with van der Waals surface area (Å²) in [5.74, 6) is 2.60. The minimum absolute atomic E-state index is 0.